The van der Waals surface area contributed by atoms with Gasteiger partial charge in [-0.25, -0.2) is 0 Å². The summed E-state index contributed by atoms with van der Waals surface area (Å²) in [7, 11) is 2.09. The van der Waals surface area contributed by atoms with Crippen LogP contribution < -0.4 is 5.32 Å². The van der Waals surface area contributed by atoms with Crippen LogP contribution in [0.3, 0.4) is 0 Å². The zero-order valence-corrected chi connectivity index (χ0v) is 15.1. The second kappa shape index (κ2) is 6.81. The Morgan fingerprint density at radius 3 is 3.16 bits per heavy atom. The molecule has 1 saturated heterocycles. The molecule has 0 bridgehead atoms. The summed E-state index contributed by atoms with van der Waals surface area (Å²) in [4.78, 5) is 18.5. The lowest BCUT2D eigenvalue weighted by Crippen LogP contribution is -2.45. The normalized spacial score (nSPS) is 24.2. The summed E-state index contributed by atoms with van der Waals surface area (Å²) in [6.07, 6.45) is 3.46. The number of aromatic nitrogens is 1. The fraction of sp³-hybridized carbons (Fsp3) is 0.550. The fourth-order valence-corrected chi connectivity index (χ4v) is 4.10. The molecule has 0 saturated carbocycles. The number of carbonyl (C=O) groups excluding carboxylic acids is 1. The van der Waals surface area contributed by atoms with Gasteiger partial charge in [0.1, 0.15) is 0 Å². The van der Waals surface area contributed by atoms with Gasteiger partial charge < -0.3 is 19.9 Å². The van der Waals surface area contributed by atoms with Crippen LogP contribution in [0.2, 0.25) is 0 Å². The number of para-hydroxylation sites is 1. The average molecular weight is 341 g/mol. The third-order valence-electron chi connectivity index (χ3n) is 5.55. The molecule has 2 heterocycles. The van der Waals surface area contributed by atoms with Crippen LogP contribution in [0.15, 0.2) is 18.2 Å². The van der Waals surface area contributed by atoms with E-state index < -0.39 is 0 Å². The van der Waals surface area contributed by atoms with Crippen LogP contribution >= 0.6 is 0 Å². The Hall–Kier alpha value is -1.85. The number of H-pyrrole nitrogens is 1. The minimum Gasteiger partial charge on any atom is -0.374 e. The minimum absolute atomic E-state index is 0.0194. The summed E-state index contributed by atoms with van der Waals surface area (Å²) in [5.74, 6) is 0.693. The van der Waals surface area contributed by atoms with Crippen molar-refractivity contribution in [2.45, 2.75) is 32.3 Å². The molecule has 4 rings (SSSR count). The molecular formula is C20H27N3O2. The number of nitrogens with one attached hydrogen (secondary N) is 2. The van der Waals surface area contributed by atoms with Gasteiger partial charge in [-0.3, -0.25) is 4.79 Å². The molecule has 134 valence electrons. The highest BCUT2D eigenvalue weighted by Gasteiger charge is 2.23. The molecule has 2 N–H and O–H groups in total. The first kappa shape index (κ1) is 16.6. The quantitative estimate of drug-likeness (QED) is 0.901. The maximum Gasteiger partial charge on any atom is 0.253 e. The van der Waals surface area contributed by atoms with E-state index in [1.807, 2.05) is 12.1 Å². The molecule has 2 aliphatic rings. The van der Waals surface area contributed by atoms with Crippen molar-refractivity contribution in [2.75, 3.05) is 33.3 Å². The standard InChI is InChI=1S/C20H27N3O2/c1-13-6-7-18-17(10-13)15-4-3-5-16(19(15)22-18)20(24)21-11-14-12-23(2)8-9-25-14/h3-5,13-14,22H,6-12H2,1-2H3,(H,21,24)/t13-,14-/m1/s1. The molecule has 1 aliphatic heterocycles. The summed E-state index contributed by atoms with van der Waals surface area (Å²) < 4.78 is 5.74. The molecule has 0 unspecified atom stereocenters. The largest absolute Gasteiger partial charge is 0.374 e. The first-order valence-corrected chi connectivity index (χ1v) is 9.32. The van der Waals surface area contributed by atoms with Crippen molar-refractivity contribution in [3.05, 3.63) is 35.0 Å². The van der Waals surface area contributed by atoms with Gasteiger partial charge in [0, 0.05) is 30.7 Å². The zero-order chi connectivity index (χ0) is 17.4. The van der Waals surface area contributed by atoms with Crippen LogP contribution in [0.1, 0.15) is 35.0 Å². The molecule has 1 aromatic carbocycles. The molecule has 1 amide bonds. The number of hydrogen-bond donors (Lipinski definition) is 2. The van der Waals surface area contributed by atoms with Gasteiger partial charge in [0.25, 0.3) is 5.91 Å². The molecule has 2 atom stereocenters. The Bertz CT molecular complexity index is 783. The second-order valence-electron chi connectivity index (χ2n) is 7.62. The van der Waals surface area contributed by atoms with Gasteiger partial charge in [-0.1, -0.05) is 19.1 Å². The van der Waals surface area contributed by atoms with Crippen molar-refractivity contribution < 1.29 is 9.53 Å². The molecule has 0 radical (unpaired) electrons. The number of aromatic amines is 1. The first-order chi connectivity index (χ1) is 12.1. The number of ether oxygens (including phenoxy) is 1. The summed E-state index contributed by atoms with van der Waals surface area (Å²) in [6, 6.07) is 6.05. The van der Waals surface area contributed by atoms with Gasteiger partial charge in [-0.2, -0.15) is 0 Å². The first-order valence-electron chi connectivity index (χ1n) is 9.32. The van der Waals surface area contributed by atoms with Crippen LogP contribution in [-0.4, -0.2) is 55.2 Å². The van der Waals surface area contributed by atoms with Crippen LogP contribution in [0.4, 0.5) is 0 Å². The highest BCUT2D eigenvalue weighted by atomic mass is 16.5. The molecule has 5 nitrogen and oxygen atoms in total. The maximum absolute atomic E-state index is 12.8. The highest BCUT2D eigenvalue weighted by Crippen LogP contribution is 2.32. The summed E-state index contributed by atoms with van der Waals surface area (Å²) >= 11 is 0. The van der Waals surface area contributed by atoms with Crippen molar-refractivity contribution in [2.24, 2.45) is 5.92 Å². The summed E-state index contributed by atoms with van der Waals surface area (Å²) in [5, 5.41) is 4.27. The minimum atomic E-state index is -0.0194. The van der Waals surface area contributed by atoms with Crippen LogP contribution in [0.25, 0.3) is 10.9 Å². The molecule has 0 spiro atoms. The number of rotatable bonds is 3. The van der Waals surface area contributed by atoms with Crippen LogP contribution in [0.5, 0.6) is 0 Å². The van der Waals surface area contributed by atoms with Crippen LogP contribution in [-0.2, 0) is 17.6 Å². The molecule has 1 aromatic heterocycles. The van der Waals surface area contributed by atoms with Gasteiger partial charge in [-0.15, -0.1) is 0 Å². The van der Waals surface area contributed by atoms with Crippen molar-refractivity contribution in [3.63, 3.8) is 0 Å². The summed E-state index contributed by atoms with van der Waals surface area (Å²) in [6.45, 7) is 5.40. The summed E-state index contributed by atoms with van der Waals surface area (Å²) in [5.41, 5.74) is 4.44. The number of likely N-dealkylation sites (N-methyl/N-ethyl adjacent to an activating group) is 1. The lowest BCUT2D eigenvalue weighted by molar-refractivity contribution is -0.0174. The number of carbonyl (C=O) groups is 1. The molecule has 1 aliphatic carbocycles. The van der Waals surface area contributed by atoms with E-state index in [1.54, 1.807) is 0 Å². The predicted octanol–water partition coefficient (Wildman–Crippen LogP) is 2.35. The predicted molar refractivity (Wildman–Crippen MR) is 99.1 cm³/mol. The number of amides is 1. The van der Waals surface area contributed by atoms with Crippen molar-refractivity contribution >= 4 is 16.8 Å². The van der Waals surface area contributed by atoms with E-state index in [4.69, 9.17) is 4.74 Å². The maximum atomic E-state index is 12.8. The van der Waals surface area contributed by atoms with Gasteiger partial charge in [0.2, 0.25) is 0 Å². The Morgan fingerprint density at radius 1 is 1.44 bits per heavy atom. The van der Waals surface area contributed by atoms with E-state index >= 15 is 0 Å². The molecular weight excluding hydrogens is 314 g/mol. The van der Waals surface area contributed by atoms with Crippen molar-refractivity contribution in [1.82, 2.24) is 15.2 Å². The molecule has 5 heteroatoms. The van der Waals surface area contributed by atoms with E-state index in [9.17, 15) is 4.79 Å². The van der Waals surface area contributed by atoms with E-state index in [0.717, 1.165) is 43.6 Å². The number of fused-ring (bicyclic) bond motifs is 3. The van der Waals surface area contributed by atoms with Crippen molar-refractivity contribution in [1.29, 1.82) is 0 Å². The molecule has 25 heavy (non-hydrogen) atoms. The Balaban J connectivity index is 1.53. The Labute approximate surface area is 148 Å². The molecule has 1 fully saturated rings. The van der Waals surface area contributed by atoms with Crippen LogP contribution in [0, 0.1) is 5.92 Å². The lowest BCUT2D eigenvalue weighted by Gasteiger charge is -2.30. The SMILES string of the molecule is C[C@@H]1CCc2[nH]c3c(C(=O)NC[C@@H]4CN(C)CCO4)cccc3c2C1. The fourth-order valence-electron chi connectivity index (χ4n) is 4.10. The number of aryl methyl sites for hydroxylation is 1. The number of morpholine rings is 1. The number of nitrogens with zero attached hydrogens (tertiary/aromatic N) is 1. The van der Waals surface area contributed by atoms with E-state index in [0.29, 0.717) is 12.5 Å². The second-order valence-corrected chi connectivity index (χ2v) is 7.62. The smallest absolute Gasteiger partial charge is 0.253 e. The molecule has 2 aromatic rings. The van der Waals surface area contributed by atoms with E-state index in [1.165, 1.54) is 23.1 Å². The van der Waals surface area contributed by atoms with Crippen molar-refractivity contribution in [3.8, 4) is 0 Å². The number of hydrogen-bond acceptors (Lipinski definition) is 3. The number of benzene rings is 1. The van der Waals surface area contributed by atoms with Gasteiger partial charge >= 0.3 is 0 Å². The van der Waals surface area contributed by atoms with E-state index in [-0.39, 0.29) is 12.0 Å². The lowest BCUT2D eigenvalue weighted by atomic mass is 9.87. The van der Waals surface area contributed by atoms with E-state index in [2.05, 4.69) is 35.2 Å². The monoisotopic (exact) mass is 341 g/mol. The average Bonchev–Trinajstić information content (AvgIpc) is 2.97. The highest BCUT2D eigenvalue weighted by molar-refractivity contribution is 6.06. The van der Waals surface area contributed by atoms with Gasteiger partial charge in [0.15, 0.2) is 0 Å². The zero-order valence-electron chi connectivity index (χ0n) is 15.1. The Morgan fingerprint density at radius 2 is 2.32 bits per heavy atom. The van der Waals surface area contributed by atoms with Gasteiger partial charge in [0.05, 0.1) is 23.8 Å². The van der Waals surface area contributed by atoms with Gasteiger partial charge in [-0.05, 0) is 43.9 Å². The topological polar surface area (TPSA) is 57.4 Å². The third-order valence-corrected chi connectivity index (χ3v) is 5.55. The third kappa shape index (κ3) is 3.31. The Kier molecular flexibility index (Phi) is 4.52.